The Balaban J connectivity index is 1.68. The predicted octanol–water partition coefficient (Wildman–Crippen LogP) is 3.34. The number of aliphatic hydroxyl groups is 4. The summed E-state index contributed by atoms with van der Waals surface area (Å²) in [5, 5.41) is 45.3. The summed E-state index contributed by atoms with van der Waals surface area (Å²) in [7, 11) is 6.54. The molecule has 0 amide bonds. The minimum absolute atomic E-state index is 0.0427. The van der Waals surface area contributed by atoms with Crippen molar-refractivity contribution in [2.75, 3.05) is 54.6 Å². The second-order valence-electron chi connectivity index (χ2n) is 18.9. The predicted molar refractivity (Wildman–Crippen MR) is 229 cm³/mol. The van der Waals surface area contributed by atoms with E-state index in [4.69, 9.17) is 33.2 Å². The molecule has 352 valence electrons. The van der Waals surface area contributed by atoms with Crippen molar-refractivity contribution in [3.63, 3.8) is 0 Å². The van der Waals surface area contributed by atoms with Crippen molar-refractivity contribution in [3.8, 4) is 0 Å². The van der Waals surface area contributed by atoms with E-state index in [-0.39, 0.29) is 24.7 Å². The first kappa shape index (κ1) is 51.8. The molecule has 0 aliphatic carbocycles. The monoisotopic (exact) mass is 869 g/mol. The van der Waals surface area contributed by atoms with Gasteiger partial charge < -0.3 is 63.4 Å². The summed E-state index contributed by atoms with van der Waals surface area (Å²) in [6.45, 7) is 18.2. The number of carbonyl (C=O) groups excluding carboxylic acids is 2. The fourth-order valence-corrected chi connectivity index (χ4v) is 10.0. The number of aliphatic hydroxyl groups excluding tert-OH is 4. The van der Waals surface area contributed by atoms with Crippen molar-refractivity contribution in [3.05, 3.63) is 23.8 Å². The molecule has 4 aliphatic heterocycles. The Bertz CT molecular complexity index is 1420. The van der Waals surface area contributed by atoms with Crippen LogP contribution in [0.3, 0.4) is 0 Å². The van der Waals surface area contributed by atoms with Crippen LogP contribution in [0.1, 0.15) is 87.5 Å². The van der Waals surface area contributed by atoms with Crippen LogP contribution in [0, 0.1) is 35.5 Å². The van der Waals surface area contributed by atoms with Gasteiger partial charge in [-0.1, -0.05) is 52.3 Å². The third-order valence-electron chi connectivity index (χ3n) is 13.5. The van der Waals surface area contributed by atoms with Crippen LogP contribution < -0.4 is 0 Å². The normalized spacial score (nSPS) is 44.3. The van der Waals surface area contributed by atoms with Crippen LogP contribution in [-0.2, 0) is 42.7 Å². The molecule has 0 radical (unpaired) electrons. The number of allylic oxidation sites excluding steroid dienone is 3. The van der Waals surface area contributed by atoms with Crippen LogP contribution in [0.15, 0.2) is 23.8 Å². The summed E-state index contributed by atoms with van der Waals surface area (Å²) < 4.78 is 42.6. The number of carbonyl (C=O) groups is 2. The SMILES string of the molecule is CC[C@H]1OC(=O)C[C@@H](O)[C@H](C)[C@@H](O[C@H]2O[C@H](C)[C@@H](O)[C@H](N(C)C)[C@H]2O)[C@@H](CCN2C[C@H](C)C[C@H](C)C2)C[C@@H](C)C(=O)/C=C/C(C)=C/[C@@H]1CO[C@@H]1O[C@H](C)[C@@H](O)[C@@H](OC)[C@H]1OC. The molecule has 3 saturated heterocycles. The third-order valence-corrected chi connectivity index (χ3v) is 13.5. The second kappa shape index (κ2) is 23.9. The van der Waals surface area contributed by atoms with Crippen molar-refractivity contribution >= 4 is 11.8 Å². The zero-order valence-electron chi connectivity index (χ0n) is 38.9. The molecule has 4 N–H and O–H groups in total. The maximum Gasteiger partial charge on any atom is 0.308 e. The lowest BCUT2D eigenvalue weighted by atomic mass is 9.79. The van der Waals surface area contributed by atoms with Gasteiger partial charge in [0, 0.05) is 45.1 Å². The number of likely N-dealkylation sites (N-methyl/N-ethyl adjacent to an activating group) is 1. The van der Waals surface area contributed by atoms with Gasteiger partial charge in [0.2, 0.25) is 0 Å². The smallest absolute Gasteiger partial charge is 0.308 e. The average molecular weight is 869 g/mol. The number of rotatable bonds is 12. The highest BCUT2D eigenvalue weighted by atomic mass is 16.7. The molecule has 15 nitrogen and oxygen atoms in total. The molecule has 0 spiro atoms. The number of esters is 1. The number of ether oxygens (including phenoxy) is 7. The van der Waals surface area contributed by atoms with Gasteiger partial charge >= 0.3 is 5.97 Å². The van der Waals surface area contributed by atoms with Gasteiger partial charge in [0.05, 0.1) is 49.6 Å². The van der Waals surface area contributed by atoms with Crippen LogP contribution in [0.4, 0.5) is 0 Å². The summed E-state index contributed by atoms with van der Waals surface area (Å²) in [6, 6.07) is -0.684. The van der Waals surface area contributed by atoms with Crippen molar-refractivity contribution in [2.45, 2.75) is 167 Å². The van der Waals surface area contributed by atoms with Crippen LogP contribution in [0.5, 0.6) is 0 Å². The number of ketones is 1. The molecular weight excluding hydrogens is 789 g/mol. The molecular formula is C46H80N2O13. The van der Waals surface area contributed by atoms with Gasteiger partial charge in [0.1, 0.15) is 30.5 Å². The number of hydrogen-bond acceptors (Lipinski definition) is 15. The quantitative estimate of drug-likeness (QED) is 0.209. The minimum atomic E-state index is -1.23. The maximum atomic E-state index is 14.0. The Labute approximate surface area is 365 Å². The van der Waals surface area contributed by atoms with Gasteiger partial charge in [-0.2, -0.15) is 0 Å². The van der Waals surface area contributed by atoms with E-state index in [0.29, 0.717) is 31.1 Å². The van der Waals surface area contributed by atoms with Gasteiger partial charge in [-0.05, 0) is 90.9 Å². The number of likely N-dealkylation sites (tertiary alicyclic amines) is 1. The standard InChI is InChI=1S/C46H80N2O13/c1-13-36-33(24-57-46-44(56-12)43(55-11)40(53)31(8)59-46)19-25(2)14-15-34(49)28(5)20-32(16-17-48-22-26(3)18-27(4)23-48)42(29(6)35(50)21-37(51)60-36)61-45-41(54)38(47(9)10)39(52)30(7)58-45/h14-15,19,26-33,35-36,38-46,50,52-54H,13,16-18,20-24H2,1-12H3/b15-14+,25-19+/t26-,27+,28-,29+,30-,31-,32+,33-,35-,36-,38+,39-,40-,41-,42-,43-,44-,45-,46-/m1/s1. The topological polar surface area (TPSA) is 186 Å². The summed E-state index contributed by atoms with van der Waals surface area (Å²) in [5.41, 5.74) is 0.761. The van der Waals surface area contributed by atoms with Gasteiger partial charge in [-0.3, -0.25) is 9.59 Å². The van der Waals surface area contributed by atoms with Crippen LogP contribution >= 0.6 is 0 Å². The van der Waals surface area contributed by atoms with Crippen molar-refractivity contribution in [1.82, 2.24) is 9.80 Å². The molecule has 4 aliphatic rings. The molecule has 0 aromatic heterocycles. The van der Waals surface area contributed by atoms with Crippen molar-refractivity contribution < 1.29 is 63.2 Å². The molecule has 4 rings (SSSR count). The molecule has 3 fully saturated rings. The van der Waals surface area contributed by atoms with E-state index < -0.39 is 103 Å². The summed E-state index contributed by atoms with van der Waals surface area (Å²) in [5.74, 6) is -1.46. The van der Waals surface area contributed by atoms with Crippen LogP contribution in [-0.4, -0.2) is 176 Å². The number of methoxy groups -OCH3 is 2. The summed E-state index contributed by atoms with van der Waals surface area (Å²) in [6.07, 6.45) is -2.96. The van der Waals surface area contributed by atoms with E-state index in [2.05, 4.69) is 18.7 Å². The Morgan fingerprint density at radius 3 is 2.05 bits per heavy atom. The first-order valence-electron chi connectivity index (χ1n) is 22.6. The third kappa shape index (κ3) is 13.8. The average Bonchev–Trinajstić information content (AvgIpc) is 3.19. The molecule has 0 unspecified atom stereocenters. The van der Waals surface area contributed by atoms with Crippen LogP contribution in [0.2, 0.25) is 0 Å². The zero-order chi connectivity index (χ0) is 45.3. The number of piperidine rings is 1. The maximum absolute atomic E-state index is 14.0. The van der Waals surface area contributed by atoms with E-state index in [1.165, 1.54) is 20.6 Å². The number of nitrogens with zero attached hydrogens (tertiary/aromatic N) is 2. The second-order valence-corrected chi connectivity index (χ2v) is 18.9. The van der Waals surface area contributed by atoms with Crippen molar-refractivity contribution in [2.24, 2.45) is 35.5 Å². The van der Waals surface area contributed by atoms with Gasteiger partial charge in [0.25, 0.3) is 0 Å². The highest BCUT2D eigenvalue weighted by molar-refractivity contribution is 5.91. The molecule has 0 aromatic carbocycles. The van der Waals surface area contributed by atoms with E-state index in [1.807, 2.05) is 33.8 Å². The molecule has 15 heteroatoms. The first-order valence-corrected chi connectivity index (χ1v) is 22.6. The summed E-state index contributed by atoms with van der Waals surface area (Å²) in [4.78, 5) is 32.1. The first-order chi connectivity index (χ1) is 28.8. The molecule has 0 bridgehead atoms. The van der Waals surface area contributed by atoms with E-state index in [0.717, 1.165) is 25.2 Å². The fraction of sp³-hybridized carbons (Fsp3) is 0.870. The molecule has 61 heavy (non-hydrogen) atoms. The highest BCUT2D eigenvalue weighted by Crippen LogP contribution is 2.36. The molecule has 4 heterocycles. The number of hydrogen-bond donors (Lipinski definition) is 4. The Morgan fingerprint density at radius 2 is 1.44 bits per heavy atom. The van der Waals surface area contributed by atoms with Gasteiger partial charge in [-0.25, -0.2) is 0 Å². The van der Waals surface area contributed by atoms with E-state index in [1.54, 1.807) is 45.0 Å². The lowest BCUT2D eigenvalue weighted by molar-refractivity contribution is -0.304. The van der Waals surface area contributed by atoms with Crippen molar-refractivity contribution in [1.29, 1.82) is 0 Å². The highest BCUT2D eigenvalue weighted by Gasteiger charge is 2.48. The lowest BCUT2D eigenvalue weighted by Crippen LogP contribution is -2.63. The van der Waals surface area contributed by atoms with Crippen LogP contribution in [0.25, 0.3) is 0 Å². The Hall–Kier alpha value is -1.86. The number of cyclic esters (lactones) is 1. The van der Waals surface area contributed by atoms with E-state index in [9.17, 15) is 30.0 Å². The van der Waals surface area contributed by atoms with Gasteiger partial charge in [0.15, 0.2) is 18.4 Å². The minimum Gasteiger partial charge on any atom is -0.462 e. The molecule has 0 saturated carbocycles. The Kier molecular flexibility index (Phi) is 20.3. The Morgan fingerprint density at radius 1 is 0.820 bits per heavy atom. The molecule has 19 atom stereocenters. The zero-order valence-corrected chi connectivity index (χ0v) is 38.9. The molecule has 0 aromatic rings. The largest absolute Gasteiger partial charge is 0.462 e. The fourth-order valence-electron chi connectivity index (χ4n) is 10.0. The van der Waals surface area contributed by atoms with Gasteiger partial charge in [-0.15, -0.1) is 0 Å². The lowest BCUT2D eigenvalue weighted by Gasteiger charge is -2.47. The summed E-state index contributed by atoms with van der Waals surface area (Å²) >= 11 is 0. The van der Waals surface area contributed by atoms with E-state index >= 15 is 0 Å².